The van der Waals surface area contributed by atoms with E-state index >= 15 is 0 Å². The molecule has 2 rings (SSSR count). The molecule has 1 amide bonds. The molecule has 0 saturated heterocycles. The van der Waals surface area contributed by atoms with Crippen LogP contribution in [0.4, 0.5) is 10.5 Å². The molecule has 0 radical (unpaired) electrons. The van der Waals surface area contributed by atoms with Crippen molar-refractivity contribution in [3.8, 4) is 0 Å². The molecule has 1 atom stereocenters. The Morgan fingerprint density at radius 1 is 1.00 bits per heavy atom. The van der Waals surface area contributed by atoms with Crippen LogP contribution in [-0.4, -0.2) is 18.3 Å². The first-order chi connectivity index (χ1) is 11.1. The third kappa shape index (κ3) is 3.22. The van der Waals surface area contributed by atoms with Crippen molar-refractivity contribution in [3.63, 3.8) is 0 Å². The third-order valence-corrected chi connectivity index (χ3v) is 3.05. The van der Waals surface area contributed by atoms with Gasteiger partial charge in [0.25, 0.3) is 5.72 Å². The molecule has 0 aromatic heterocycles. The Kier molecular flexibility index (Phi) is 4.79. The Bertz CT molecular complexity index is 809. The van der Waals surface area contributed by atoms with E-state index in [1.807, 2.05) is 0 Å². The number of hydrogen-bond acceptors (Lipinski definition) is 6. The fraction of sp³-hybridized carbons (Fsp3) is 0.0625. The maximum atomic E-state index is 11.4. The van der Waals surface area contributed by atoms with Gasteiger partial charge < -0.3 is 10.5 Å². The minimum absolute atomic E-state index is 0.131. The summed E-state index contributed by atoms with van der Waals surface area (Å²) in [5, 5.41) is 0. The van der Waals surface area contributed by atoms with Crippen LogP contribution in [-0.2, 0) is 20.1 Å². The van der Waals surface area contributed by atoms with Gasteiger partial charge in [-0.15, -0.1) is 4.99 Å². The van der Waals surface area contributed by atoms with E-state index in [0.29, 0.717) is 5.56 Å². The van der Waals surface area contributed by atoms with Crippen molar-refractivity contribution in [2.24, 2.45) is 15.7 Å². The normalized spacial score (nSPS) is 12.2. The van der Waals surface area contributed by atoms with Crippen LogP contribution >= 0.6 is 0 Å². The van der Waals surface area contributed by atoms with Crippen LogP contribution in [0.2, 0.25) is 0 Å². The van der Waals surface area contributed by atoms with Crippen molar-refractivity contribution in [1.29, 1.82) is 0 Å². The quantitative estimate of drug-likeness (QED) is 0.674. The van der Waals surface area contributed by atoms with Gasteiger partial charge in [0.05, 0.1) is 11.3 Å². The molecule has 0 aliphatic rings. The zero-order chi connectivity index (χ0) is 16.7. The van der Waals surface area contributed by atoms with E-state index in [2.05, 4.69) is 9.98 Å². The first-order valence-electron chi connectivity index (χ1n) is 6.44. The molecule has 2 aromatic rings. The highest BCUT2D eigenvalue weighted by Crippen LogP contribution is 2.39. The number of ether oxygens (including phenoxy) is 1. The van der Waals surface area contributed by atoms with Gasteiger partial charge in [0.1, 0.15) is 0 Å². The zero-order valence-corrected chi connectivity index (χ0v) is 11.8. The summed E-state index contributed by atoms with van der Waals surface area (Å²) >= 11 is 0. The molecule has 0 heterocycles. The lowest BCUT2D eigenvalue weighted by atomic mass is 9.93. The van der Waals surface area contributed by atoms with Crippen molar-refractivity contribution in [2.75, 3.05) is 0 Å². The number of benzene rings is 2. The van der Waals surface area contributed by atoms with Gasteiger partial charge in [-0.1, -0.05) is 48.5 Å². The van der Waals surface area contributed by atoms with Crippen LogP contribution in [0.3, 0.4) is 0 Å². The standard InChI is InChI=1S/C16H11N3O4/c17-15(22)23-16(19-11-21,12-6-2-1-3-7-12)13-8-4-5-9-14(13)18-10-20/h1-9H,(H2,17,22). The number of para-hydroxylation sites is 1. The predicted octanol–water partition coefficient (Wildman–Crippen LogP) is 2.29. The molecule has 7 heteroatoms. The number of nitrogens with zero attached hydrogens (tertiary/aromatic N) is 2. The summed E-state index contributed by atoms with van der Waals surface area (Å²) in [6.07, 6.45) is 1.63. The molecular weight excluding hydrogens is 298 g/mol. The highest BCUT2D eigenvalue weighted by atomic mass is 16.6. The smallest absolute Gasteiger partial charge is 0.407 e. The Hall–Kier alpha value is -3.53. The number of nitrogens with two attached hydrogens (primary N) is 1. The lowest BCUT2D eigenvalue weighted by Gasteiger charge is -2.28. The fourth-order valence-corrected chi connectivity index (χ4v) is 2.20. The lowest BCUT2D eigenvalue weighted by Crippen LogP contribution is -2.34. The minimum atomic E-state index is -1.90. The van der Waals surface area contributed by atoms with Crippen LogP contribution in [0, 0.1) is 0 Å². The number of carbonyl (C=O) groups is 1. The molecule has 0 bridgehead atoms. The highest BCUT2D eigenvalue weighted by Gasteiger charge is 2.40. The van der Waals surface area contributed by atoms with Gasteiger partial charge in [-0.25, -0.2) is 14.4 Å². The first kappa shape index (κ1) is 15.9. The number of aliphatic imine (C=N–C) groups is 2. The number of amides is 1. The maximum Gasteiger partial charge on any atom is 0.407 e. The van der Waals surface area contributed by atoms with Crippen molar-refractivity contribution in [2.45, 2.75) is 5.72 Å². The number of hydrogen-bond donors (Lipinski definition) is 1. The molecule has 0 aliphatic carbocycles. The largest absolute Gasteiger partial charge is 0.411 e. The van der Waals surface area contributed by atoms with Gasteiger partial charge in [-0.2, -0.15) is 4.99 Å². The summed E-state index contributed by atoms with van der Waals surface area (Å²) in [6, 6.07) is 14.5. The summed E-state index contributed by atoms with van der Waals surface area (Å²) in [7, 11) is 0. The van der Waals surface area contributed by atoms with E-state index in [1.54, 1.807) is 42.5 Å². The molecule has 114 valence electrons. The third-order valence-electron chi connectivity index (χ3n) is 3.05. The molecule has 0 spiro atoms. The van der Waals surface area contributed by atoms with Crippen LogP contribution in [0.25, 0.3) is 0 Å². The SMILES string of the molecule is NC(=O)OC(N=C=O)(c1ccccc1)c1ccccc1N=C=O. The number of isocyanates is 2. The second-order valence-corrected chi connectivity index (χ2v) is 4.35. The van der Waals surface area contributed by atoms with Crippen molar-refractivity contribution < 1.29 is 19.1 Å². The van der Waals surface area contributed by atoms with E-state index in [0.717, 1.165) is 0 Å². The van der Waals surface area contributed by atoms with Crippen LogP contribution in [0.15, 0.2) is 64.6 Å². The van der Waals surface area contributed by atoms with E-state index in [1.165, 1.54) is 24.3 Å². The van der Waals surface area contributed by atoms with E-state index in [9.17, 15) is 14.4 Å². The minimum Gasteiger partial charge on any atom is -0.411 e. The first-order valence-corrected chi connectivity index (χ1v) is 6.44. The van der Waals surface area contributed by atoms with Gasteiger partial charge in [-0.3, -0.25) is 0 Å². The van der Waals surface area contributed by atoms with Crippen LogP contribution in [0.5, 0.6) is 0 Å². The van der Waals surface area contributed by atoms with Gasteiger partial charge in [0.15, 0.2) is 0 Å². The summed E-state index contributed by atoms with van der Waals surface area (Å²) in [5.41, 5.74) is 3.90. The highest BCUT2D eigenvalue weighted by molar-refractivity contribution is 5.68. The second kappa shape index (κ2) is 6.95. The summed E-state index contributed by atoms with van der Waals surface area (Å²) < 4.78 is 5.16. The van der Waals surface area contributed by atoms with Crippen molar-refractivity contribution >= 4 is 23.9 Å². The Labute approximate surface area is 131 Å². The summed E-state index contributed by atoms with van der Waals surface area (Å²) in [5.74, 6) is 0. The van der Waals surface area contributed by atoms with Crippen molar-refractivity contribution in [1.82, 2.24) is 0 Å². The molecule has 0 fully saturated rings. The predicted molar refractivity (Wildman–Crippen MR) is 80.2 cm³/mol. The van der Waals surface area contributed by atoms with Gasteiger partial charge >= 0.3 is 6.09 Å². The van der Waals surface area contributed by atoms with Crippen molar-refractivity contribution in [3.05, 3.63) is 65.7 Å². The second-order valence-electron chi connectivity index (χ2n) is 4.35. The number of primary amides is 1. The Morgan fingerprint density at radius 3 is 2.26 bits per heavy atom. The average molecular weight is 309 g/mol. The van der Waals surface area contributed by atoms with E-state index in [-0.39, 0.29) is 11.3 Å². The Morgan fingerprint density at radius 2 is 1.65 bits per heavy atom. The van der Waals surface area contributed by atoms with Gasteiger partial charge in [-0.05, 0) is 6.07 Å². The van der Waals surface area contributed by atoms with Crippen LogP contribution in [0.1, 0.15) is 11.1 Å². The fourth-order valence-electron chi connectivity index (χ4n) is 2.20. The molecule has 1 unspecified atom stereocenters. The average Bonchev–Trinajstić information content (AvgIpc) is 2.55. The molecule has 23 heavy (non-hydrogen) atoms. The Balaban J connectivity index is 2.84. The molecule has 0 aliphatic heterocycles. The molecule has 2 aromatic carbocycles. The summed E-state index contributed by atoms with van der Waals surface area (Å²) in [4.78, 5) is 40.3. The van der Waals surface area contributed by atoms with E-state index < -0.39 is 11.8 Å². The summed E-state index contributed by atoms with van der Waals surface area (Å²) in [6.45, 7) is 0. The molecule has 2 N–H and O–H groups in total. The lowest BCUT2D eigenvalue weighted by molar-refractivity contribution is 0.0527. The van der Waals surface area contributed by atoms with Crippen LogP contribution < -0.4 is 5.73 Å². The molecule has 7 nitrogen and oxygen atoms in total. The number of carbonyl (C=O) groups excluding carboxylic acids is 3. The number of rotatable bonds is 5. The monoisotopic (exact) mass is 309 g/mol. The zero-order valence-electron chi connectivity index (χ0n) is 11.8. The van der Waals surface area contributed by atoms with Gasteiger partial charge in [0, 0.05) is 5.56 Å². The molecule has 0 saturated carbocycles. The topological polar surface area (TPSA) is 111 Å². The van der Waals surface area contributed by atoms with E-state index in [4.69, 9.17) is 10.5 Å². The van der Waals surface area contributed by atoms with Gasteiger partial charge in [0.2, 0.25) is 12.2 Å². The maximum absolute atomic E-state index is 11.4. The molecular formula is C16H11N3O4.